The van der Waals surface area contributed by atoms with Crippen LogP contribution in [0.2, 0.25) is 5.02 Å². The fraction of sp³-hybridized carbons (Fsp3) is 0.435. The standard InChI is InChI=1S/C23H29ClN2OS/c1-17(16-23(27)26(3)19-12-14-25(2)15-13-19)21-6-4-5-7-22(21)28-20-10-8-18(24)9-11-20/h4-11,17,19H,12-16H2,1-3H3. The van der Waals surface area contributed by atoms with Crippen molar-refractivity contribution in [3.63, 3.8) is 0 Å². The smallest absolute Gasteiger partial charge is 0.223 e. The van der Waals surface area contributed by atoms with Gasteiger partial charge in [-0.15, -0.1) is 0 Å². The van der Waals surface area contributed by atoms with Crippen molar-refractivity contribution < 1.29 is 4.79 Å². The lowest BCUT2D eigenvalue weighted by Gasteiger charge is -2.35. The number of carbonyl (C=O) groups excluding carboxylic acids is 1. The van der Waals surface area contributed by atoms with Gasteiger partial charge in [-0.1, -0.05) is 48.5 Å². The number of rotatable bonds is 6. The molecule has 1 atom stereocenters. The Kier molecular flexibility index (Phi) is 7.44. The van der Waals surface area contributed by atoms with Crippen LogP contribution in [0.4, 0.5) is 0 Å². The van der Waals surface area contributed by atoms with E-state index in [4.69, 9.17) is 11.6 Å². The quantitative estimate of drug-likeness (QED) is 0.617. The third kappa shape index (κ3) is 5.53. The van der Waals surface area contributed by atoms with E-state index < -0.39 is 0 Å². The second-order valence-electron chi connectivity index (χ2n) is 7.74. The van der Waals surface area contributed by atoms with Crippen LogP contribution >= 0.6 is 23.4 Å². The summed E-state index contributed by atoms with van der Waals surface area (Å²) in [5, 5.41) is 0.744. The van der Waals surface area contributed by atoms with Gasteiger partial charge in [-0.2, -0.15) is 0 Å². The second-order valence-corrected chi connectivity index (χ2v) is 9.29. The Hall–Kier alpha value is -1.49. The van der Waals surface area contributed by atoms with E-state index in [9.17, 15) is 4.79 Å². The molecular weight excluding hydrogens is 388 g/mol. The molecule has 3 nitrogen and oxygen atoms in total. The highest BCUT2D eigenvalue weighted by Crippen LogP contribution is 2.35. The monoisotopic (exact) mass is 416 g/mol. The number of hydrogen-bond acceptors (Lipinski definition) is 3. The predicted octanol–water partition coefficient (Wildman–Crippen LogP) is 5.54. The molecule has 0 bridgehead atoms. The van der Waals surface area contributed by atoms with Gasteiger partial charge in [0.1, 0.15) is 0 Å². The summed E-state index contributed by atoms with van der Waals surface area (Å²) in [6, 6.07) is 16.7. The molecule has 1 fully saturated rings. The van der Waals surface area contributed by atoms with Gasteiger partial charge in [-0.25, -0.2) is 0 Å². The van der Waals surface area contributed by atoms with E-state index in [1.807, 2.05) is 36.2 Å². The minimum absolute atomic E-state index is 0.178. The van der Waals surface area contributed by atoms with Crippen molar-refractivity contribution >= 4 is 29.3 Å². The Balaban J connectivity index is 1.66. The molecule has 3 rings (SSSR count). The Morgan fingerprint density at radius 2 is 1.82 bits per heavy atom. The van der Waals surface area contributed by atoms with Crippen LogP contribution in [0.25, 0.3) is 0 Å². The zero-order chi connectivity index (χ0) is 20.1. The topological polar surface area (TPSA) is 23.6 Å². The Morgan fingerprint density at radius 3 is 2.50 bits per heavy atom. The van der Waals surface area contributed by atoms with Crippen molar-refractivity contribution in [3.8, 4) is 0 Å². The van der Waals surface area contributed by atoms with Gasteiger partial charge in [-0.3, -0.25) is 4.79 Å². The molecule has 2 aromatic carbocycles. The first-order valence-corrected chi connectivity index (χ1v) is 11.1. The zero-order valence-corrected chi connectivity index (χ0v) is 18.5. The number of piperidine rings is 1. The van der Waals surface area contributed by atoms with E-state index in [1.165, 1.54) is 10.5 Å². The van der Waals surface area contributed by atoms with E-state index >= 15 is 0 Å². The molecule has 0 N–H and O–H groups in total. The van der Waals surface area contributed by atoms with Crippen LogP contribution in [0.3, 0.4) is 0 Å². The van der Waals surface area contributed by atoms with E-state index in [0.29, 0.717) is 12.5 Å². The van der Waals surface area contributed by atoms with Crippen LogP contribution in [0.15, 0.2) is 58.3 Å². The van der Waals surface area contributed by atoms with Crippen LogP contribution < -0.4 is 0 Å². The second kappa shape index (κ2) is 9.82. The van der Waals surface area contributed by atoms with Gasteiger partial charge in [0.2, 0.25) is 5.91 Å². The summed E-state index contributed by atoms with van der Waals surface area (Å²) in [6.45, 7) is 4.29. The molecule has 150 valence electrons. The molecule has 5 heteroatoms. The molecule has 0 spiro atoms. The summed E-state index contributed by atoms with van der Waals surface area (Å²) >= 11 is 7.73. The Morgan fingerprint density at radius 1 is 1.18 bits per heavy atom. The molecule has 0 aliphatic carbocycles. The van der Waals surface area contributed by atoms with Gasteiger partial charge in [0.15, 0.2) is 0 Å². The normalized spacial score (nSPS) is 16.7. The van der Waals surface area contributed by atoms with Crippen LogP contribution in [-0.4, -0.2) is 48.9 Å². The fourth-order valence-corrected chi connectivity index (χ4v) is 4.90. The van der Waals surface area contributed by atoms with Crippen molar-refractivity contribution in [2.45, 2.75) is 47.9 Å². The van der Waals surface area contributed by atoms with Gasteiger partial charge in [0.25, 0.3) is 0 Å². The number of amides is 1. The van der Waals surface area contributed by atoms with Crippen LogP contribution in [0.1, 0.15) is 37.7 Å². The molecule has 28 heavy (non-hydrogen) atoms. The van der Waals surface area contributed by atoms with Crippen LogP contribution in [0, 0.1) is 0 Å². The molecule has 1 unspecified atom stereocenters. The summed E-state index contributed by atoms with van der Waals surface area (Å²) in [4.78, 5) is 19.6. The third-order valence-corrected chi connectivity index (χ3v) is 6.95. The lowest BCUT2D eigenvalue weighted by atomic mass is 9.96. The Bertz CT molecular complexity index is 787. The van der Waals surface area contributed by atoms with Gasteiger partial charge in [0, 0.05) is 34.3 Å². The lowest BCUT2D eigenvalue weighted by molar-refractivity contribution is -0.133. The minimum Gasteiger partial charge on any atom is -0.343 e. The predicted molar refractivity (Wildman–Crippen MR) is 118 cm³/mol. The molecule has 0 saturated carbocycles. The zero-order valence-electron chi connectivity index (χ0n) is 16.9. The van der Waals surface area contributed by atoms with E-state index in [0.717, 1.165) is 35.8 Å². The van der Waals surface area contributed by atoms with Crippen molar-refractivity contribution in [2.24, 2.45) is 0 Å². The molecule has 0 aromatic heterocycles. The van der Waals surface area contributed by atoms with E-state index in [-0.39, 0.29) is 11.8 Å². The number of hydrogen-bond donors (Lipinski definition) is 0. The average molecular weight is 417 g/mol. The molecule has 1 aliphatic rings. The highest BCUT2D eigenvalue weighted by molar-refractivity contribution is 7.99. The molecule has 1 amide bonds. The maximum atomic E-state index is 12.9. The maximum absolute atomic E-state index is 12.9. The molecule has 1 heterocycles. The lowest BCUT2D eigenvalue weighted by Crippen LogP contribution is -2.44. The number of halogens is 1. The van der Waals surface area contributed by atoms with Crippen LogP contribution in [-0.2, 0) is 4.79 Å². The summed E-state index contributed by atoms with van der Waals surface area (Å²) in [6.07, 6.45) is 2.67. The van der Waals surface area contributed by atoms with Gasteiger partial charge in [0.05, 0.1) is 0 Å². The largest absolute Gasteiger partial charge is 0.343 e. The highest BCUT2D eigenvalue weighted by Gasteiger charge is 2.25. The molecular formula is C23H29ClN2OS. The third-order valence-electron chi connectivity index (χ3n) is 5.60. The van der Waals surface area contributed by atoms with Gasteiger partial charge in [-0.05, 0) is 74.8 Å². The van der Waals surface area contributed by atoms with Crippen molar-refractivity contribution in [2.75, 3.05) is 27.2 Å². The van der Waals surface area contributed by atoms with Crippen molar-refractivity contribution in [1.82, 2.24) is 9.80 Å². The van der Waals surface area contributed by atoms with E-state index in [1.54, 1.807) is 11.8 Å². The summed E-state index contributed by atoms with van der Waals surface area (Å²) in [5.74, 6) is 0.422. The first-order chi connectivity index (χ1) is 13.4. The summed E-state index contributed by atoms with van der Waals surface area (Å²) in [7, 11) is 4.12. The van der Waals surface area contributed by atoms with Gasteiger partial charge < -0.3 is 9.80 Å². The first-order valence-electron chi connectivity index (χ1n) is 9.90. The first kappa shape index (κ1) is 21.2. The number of benzene rings is 2. The number of nitrogens with zero attached hydrogens (tertiary/aromatic N) is 2. The molecule has 2 aromatic rings. The minimum atomic E-state index is 0.178. The molecule has 1 aliphatic heterocycles. The number of carbonyl (C=O) groups is 1. The number of likely N-dealkylation sites (tertiary alicyclic amines) is 1. The van der Waals surface area contributed by atoms with Crippen molar-refractivity contribution in [1.29, 1.82) is 0 Å². The average Bonchev–Trinajstić information content (AvgIpc) is 2.70. The fourth-order valence-electron chi connectivity index (χ4n) is 3.71. The maximum Gasteiger partial charge on any atom is 0.223 e. The molecule has 0 radical (unpaired) electrons. The SMILES string of the molecule is CC(CC(=O)N(C)C1CCN(C)CC1)c1ccccc1Sc1ccc(Cl)cc1. The van der Waals surface area contributed by atoms with Gasteiger partial charge >= 0.3 is 0 Å². The highest BCUT2D eigenvalue weighted by atomic mass is 35.5. The summed E-state index contributed by atoms with van der Waals surface area (Å²) in [5.41, 5.74) is 1.23. The van der Waals surface area contributed by atoms with E-state index in [2.05, 4.69) is 43.1 Å². The van der Waals surface area contributed by atoms with Crippen LogP contribution in [0.5, 0.6) is 0 Å². The summed E-state index contributed by atoms with van der Waals surface area (Å²) < 4.78 is 0. The Labute approximate surface area is 178 Å². The molecule has 1 saturated heterocycles. The van der Waals surface area contributed by atoms with Crippen molar-refractivity contribution in [3.05, 3.63) is 59.1 Å².